The summed E-state index contributed by atoms with van der Waals surface area (Å²) in [6, 6.07) is 9.10. The summed E-state index contributed by atoms with van der Waals surface area (Å²) in [6.45, 7) is 8.12. The van der Waals surface area contributed by atoms with Crippen LogP contribution in [0.15, 0.2) is 48.1 Å². The second kappa shape index (κ2) is 9.19. The Morgan fingerprint density at radius 3 is 2.58 bits per heavy atom. The number of thioether (sulfide) groups is 1. The lowest BCUT2D eigenvalue weighted by molar-refractivity contribution is -0.120. The monoisotopic (exact) mass is 373 g/mol. The number of benzene rings is 1. The molecule has 138 valence electrons. The Bertz CT molecular complexity index is 773. The zero-order valence-electron chi connectivity index (χ0n) is 14.9. The third kappa shape index (κ3) is 5.19. The van der Waals surface area contributed by atoms with Crippen molar-refractivity contribution < 1.29 is 9.59 Å². The molecular weight excluding hydrogens is 350 g/mol. The topological polar surface area (TPSA) is 103 Å². The fraction of sp³-hybridized carbons (Fsp3) is 0.333. The fourth-order valence-electron chi connectivity index (χ4n) is 2.43. The summed E-state index contributed by atoms with van der Waals surface area (Å²) in [6.07, 6.45) is 2.39. The molecular formula is C18H23N5O2S. The second-order valence-electron chi connectivity index (χ2n) is 6.10. The number of hydrogen-bond donors (Lipinski definition) is 2. The van der Waals surface area contributed by atoms with Crippen molar-refractivity contribution in [2.45, 2.75) is 37.2 Å². The highest BCUT2D eigenvalue weighted by molar-refractivity contribution is 8.00. The molecule has 0 spiro atoms. The summed E-state index contributed by atoms with van der Waals surface area (Å²) >= 11 is 1.27. The number of allylic oxidation sites excluding steroid dienone is 1. The number of nitrogens with zero attached hydrogens (tertiary/aromatic N) is 3. The summed E-state index contributed by atoms with van der Waals surface area (Å²) in [5.74, 6) is 0.331. The fourth-order valence-corrected chi connectivity index (χ4v) is 3.49. The van der Waals surface area contributed by atoms with Gasteiger partial charge in [0.1, 0.15) is 5.82 Å². The van der Waals surface area contributed by atoms with Crippen LogP contribution in [-0.2, 0) is 17.8 Å². The van der Waals surface area contributed by atoms with Crippen LogP contribution in [-0.4, -0.2) is 32.0 Å². The number of nitrogens with one attached hydrogen (secondary N) is 1. The number of hydrogen-bond acceptors (Lipinski definition) is 5. The normalized spacial score (nSPS) is 12.0. The largest absolute Gasteiger partial charge is 0.351 e. The predicted molar refractivity (Wildman–Crippen MR) is 102 cm³/mol. The summed E-state index contributed by atoms with van der Waals surface area (Å²) in [4.78, 5) is 23.3. The van der Waals surface area contributed by atoms with Crippen LogP contribution in [0.4, 0.5) is 4.79 Å². The maximum absolute atomic E-state index is 12.3. The molecule has 0 aliphatic heterocycles. The average Bonchev–Trinajstić information content (AvgIpc) is 2.94. The molecule has 1 aromatic carbocycles. The van der Waals surface area contributed by atoms with Gasteiger partial charge in [0.2, 0.25) is 5.91 Å². The highest BCUT2D eigenvalue weighted by atomic mass is 32.2. The van der Waals surface area contributed by atoms with Crippen molar-refractivity contribution in [3.05, 3.63) is 54.4 Å². The van der Waals surface area contributed by atoms with E-state index in [1.165, 1.54) is 11.8 Å². The molecule has 1 heterocycles. The molecule has 0 saturated heterocycles. The van der Waals surface area contributed by atoms with Crippen LogP contribution in [0.5, 0.6) is 0 Å². The molecule has 0 aliphatic carbocycles. The van der Waals surface area contributed by atoms with E-state index in [2.05, 4.69) is 22.1 Å². The summed E-state index contributed by atoms with van der Waals surface area (Å²) in [7, 11) is 0. The van der Waals surface area contributed by atoms with Crippen LogP contribution in [0, 0.1) is 5.92 Å². The third-order valence-electron chi connectivity index (χ3n) is 3.65. The number of nitrogens with two attached hydrogens (primary N) is 1. The van der Waals surface area contributed by atoms with Gasteiger partial charge in [0.15, 0.2) is 5.16 Å². The van der Waals surface area contributed by atoms with Gasteiger partial charge in [0, 0.05) is 13.0 Å². The molecule has 2 aromatic rings. The van der Waals surface area contributed by atoms with Crippen molar-refractivity contribution in [1.82, 2.24) is 20.1 Å². The quantitative estimate of drug-likeness (QED) is 0.546. The first-order chi connectivity index (χ1) is 12.4. The minimum absolute atomic E-state index is 0.0224. The standard InChI is InChI=1S/C18H23N5O2S/c1-4-10-23-14(11-13-8-6-5-7-9-13)21-22-18(23)26-15(12(2)3)16(24)20-17(19)25/h4-9,12,15H,1,10-11H2,2-3H3,(H3,19,20,24,25). The first-order valence-electron chi connectivity index (χ1n) is 8.26. The highest BCUT2D eigenvalue weighted by Crippen LogP contribution is 2.28. The van der Waals surface area contributed by atoms with E-state index in [0.717, 1.165) is 11.4 Å². The van der Waals surface area contributed by atoms with E-state index in [1.807, 2.05) is 48.7 Å². The van der Waals surface area contributed by atoms with Crippen molar-refractivity contribution in [2.75, 3.05) is 0 Å². The van der Waals surface area contributed by atoms with Crippen LogP contribution in [0.1, 0.15) is 25.2 Å². The average molecular weight is 373 g/mol. The molecule has 0 bridgehead atoms. The molecule has 7 nitrogen and oxygen atoms in total. The molecule has 3 amide bonds. The molecule has 0 fully saturated rings. The van der Waals surface area contributed by atoms with Gasteiger partial charge in [-0.25, -0.2) is 4.79 Å². The van der Waals surface area contributed by atoms with Crippen LogP contribution in [0.2, 0.25) is 0 Å². The van der Waals surface area contributed by atoms with E-state index in [0.29, 0.717) is 18.1 Å². The lowest BCUT2D eigenvalue weighted by Crippen LogP contribution is -2.42. The van der Waals surface area contributed by atoms with Crippen molar-refractivity contribution >= 4 is 23.7 Å². The zero-order valence-corrected chi connectivity index (χ0v) is 15.7. The van der Waals surface area contributed by atoms with Crippen molar-refractivity contribution in [3.63, 3.8) is 0 Å². The van der Waals surface area contributed by atoms with Gasteiger partial charge in [0.05, 0.1) is 5.25 Å². The minimum Gasteiger partial charge on any atom is -0.351 e. The summed E-state index contributed by atoms with van der Waals surface area (Å²) < 4.78 is 1.93. The molecule has 2 rings (SSSR count). The first kappa shape index (κ1) is 19.7. The Labute approximate surface area is 157 Å². The van der Waals surface area contributed by atoms with Crippen LogP contribution >= 0.6 is 11.8 Å². The van der Waals surface area contributed by atoms with Crippen molar-refractivity contribution in [3.8, 4) is 0 Å². The molecule has 0 aliphatic rings. The van der Waals surface area contributed by atoms with E-state index in [9.17, 15) is 9.59 Å². The van der Waals surface area contributed by atoms with E-state index >= 15 is 0 Å². The van der Waals surface area contributed by atoms with Crippen LogP contribution < -0.4 is 11.1 Å². The van der Waals surface area contributed by atoms with Gasteiger partial charge < -0.3 is 10.3 Å². The van der Waals surface area contributed by atoms with Gasteiger partial charge >= 0.3 is 6.03 Å². The number of aromatic nitrogens is 3. The molecule has 1 atom stereocenters. The van der Waals surface area contributed by atoms with Crippen molar-refractivity contribution in [2.24, 2.45) is 11.7 Å². The number of rotatable bonds is 8. The van der Waals surface area contributed by atoms with E-state index < -0.39 is 17.2 Å². The number of urea groups is 1. The van der Waals surface area contributed by atoms with Gasteiger partial charge in [-0.1, -0.05) is 62.0 Å². The number of imide groups is 1. The molecule has 1 unspecified atom stereocenters. The molecule has 8 heteroatoms. The third-order valence-corrected chi connectivity index (χ3v) is 5.18. The molecule has 3 N–H and O–H groups in total. The molecule has 26 heavy (non-hydrogen) atoms. The van der Waals surface area contributed by atoms with Crippen LogP contribution in [0.3, 0.4) is 0 Å². The van der Waals surface area contributed by atoms with Crippen LogP contribution in [0.25, 0.3) is 0 Å². The van der Waals surface area contributed by atoms with Gasteiger partial charge in [-0.05, 0) is 11.5 Å². The van der Waals surface area contributed by atoms with Gasteiger partial charge in [-0.2, -0.15) is 0 Å². The summed E-state index contributed by atoms with van der Waals surface area (Å²) in [5.41, 5.74) is 6.18. The second-order valence-corrected chi connectivity index (χ2v) is 7.21. The number of carbonyl (C=O) groups is 2. The molecule has 0 radical (unpaired) electrons. The lowest BCUT2D eigenvalue weighted by Gasteiger charge is -2.18. The van der Waals surface area contributed by atoms with Gasteiger partial charge in [-0.3, -0.25) is 10.1 Å². The number of carbonyl (C=O) groups excluding carboxylic acids is 2. The number of primary amides is 1. The SMILES string of the molecule is C=CCn1c(Cc2ccccc2)nnc1SC(C(=O)NC(N)=O)C(C)C. The van der Waals surface area contributed by atoms with Gasteiger partial charge in [-0.15, -0.1) is 16.8 Å². The smallest absolute Gasteiger partial charge is 0.318 e. The molecule has 0 saturated carbocycles. The highest BCUT2D eigenvalue weighted by Gasteiger charge is 2.27. The Morgan fingerprint density at radius 1 is 1.31 bits per heavy atom. The Balaban J connectivity index is 2.25. The minimum atomic E-state index is -0.862. The van der Waals surface area contributed by atoms with E-state index in [1.54, 1.807) is 6.08 Å². The maximum Gasteiger partial charge on any atom is 0.318 e. The van der Waals surface area contributed by atoms with Crippen molar-refractivity contribution in [1.29, 1.82) is 0 Å². The Hall–Kier alpha value is -2.61. The first-order valence-corrected chi connectivity index (χ1v) is 9.14. The van der Waals surface area contributed by atoms with Gasteiger partial charge in [0.25, 0.3) is 0 Å². The van der Waals surface area contributed by atoms with E-state index in [-0.39, 0.29) is 5.92 Å². The zero-order chi connectivity index (χ0) is 19.1. The Morgan fingerprint density at radius 2 is 2.00 bits per heavy atom. The maximum atomic E-state index is 12.3. The summed E-state index contributed by atoms with van der Waals surface area (Å²) in [5, 5.41) is 10.8. The number of amides is 3. The Kier molecular flexibility index (Phi) is 6.97. The lowest BCUT2D eigenvalue weighted by atomic mass is 10.1. The predicted octanol–water partition coefficient (Wildman–Crippen LogP) is 2.37. The van der Waals surface area contributed by atoms with E-state index in [4.69, 9.17) is 5.73 Å². The molecule has 1 aromatic heterocycles.